The first-order chi connectivity index (χ1) is 13.6. The van der Waals surface area contributed by atoms with E-state index in [9.17, 15) is 4.79 Å². The molecule has 6 nitrogen and oxygen atoms in total. The predicted octanol–water partition coefficient (Wildman–Crippen LogP) is 2.66. The van der Waals surface area contributed by atoms with Crippen molar-refractivity contribution in [1.82, 2.24) is 19.4 Å². The summed E-state index contributed by atoms with van der Waals surface area (Å²) in [6.07, 6.45) is 7.36. The first-order valence-electron chi connectivity index (χ1n) is 10.4. The van der Waals surface area contributed by atoms with Gasteiger partial charge in [0.1, 0.15) is 0 Å². The van der Waals surface area contributed by atoms with Crippen LogP contribution in [0.5, 0.6) is 0 Å². The molecule has 0 unspecified atom stereocenters. The molecule has 1 amide bonds. The maximum absolute atomic E-state index is 13.0. The molecular weight excluding hydrogens is 350 g/mol. The molecule has 6 heteroatoms. The Morgan fingerprint density at radius 1 is 1.18 bits per heavy atom. The molecule has 1 saturated heterocycles. The SMILES string of the molecule is CCN1CCc2ccccc2NC2(CCN(Cc3cn(C)cn3)CC2)CC1=O. The van der Waals surface area contributed by atoms with Crippen molar-refractivity contribution in [3.05, 3.63) is 48.0 Å². The number of rotatable bonds is 3. The number of anilines is 1. The standard InChI is InChI=1S/C22H31N5O/c1-3-27-11-8-18-6-4-5-7-20(18)24-22(14-21(27)28)9-12-26(13-10-22)16-19-15-25(2)17-23-19/h4-7,15,17,24H,3,8-14,16H2,1-2H3. The Morgan fingerprint density at radius 2 is 1.96 bits per heavy atom. The Hall–Kier alpha value is -2.34. The van der Waals surface area contributed by atoms with E-state index < -0.39 is 0 Å². The number of hydrogen-bond donors (Lipinski definition) is 1. The summed E-state index contributed by atoms with van der Waals surface area (Å²) in [4.78, 5) is 21.9. The number of imidazole rings is 1. The zero-order valence-corrected chi connectivity index (χ0v) is 17.0. The number of likely N-dealkylation sites (tertiary alicyclic amines) is 1. The Kier molecular flexibility index (Phi) is 5.40. The fourth-order valence-electron chi connectivity index (χ4n) is 4.52. The average molecular weight is 382 g/mol. The van der Waals surface area contributed by atoms with Crippen LogP contribution in [0.2, 0.25) is 0 Å². The van der Waals surface area contributed by atoms with Gasteiger partial charge in [-0.3, -0.25) is 9.69 Å². The summed E-state index contributed by atoms with van der Waals surface area (Å²) in [5.74, 6) is 0.279. The van der Waals surface area contributed by atoms with Gasteiger partial charge in [-0.2, -0.15) is 0 Å². The van der Waals surface area contributed by atoms with E-state index in [0.717, 1.165) is 57.7 Å². The Balaban J connectivity index is 1.52. The molecule has 4 rings (SSSR count). The summed E-state index contributed by atoms with van der Waals surface area (Å²) >= 11 is 0. The minimum absolute atomic E-state index is 0.161. The monoisotopic (exact) mass is 381 g/mol. The second kappa shape index (κ2) is 7.95. The number of aromatic nitrogens is 2. The number of para-hydroxylation sites is 1. The Bertz CT molecular complexity index is 822. The average Bonchev–Trinajstić information content (AvgIpc) is 3.11. The third kappa shape index (κ3) is 4.07. The number of carbonyl (C=O) groups is 1. The highest BCUT2D eigenvalue weighted by Crippen LogP contribution is 2.34. The Labute approximate surface area is 167 Å². The van der Waals surface area contributed by atoms with Crippen LogP contribution in [-0.4, -0.2) is 57.0 Å². The number of benzene rings is 1. The number of aryl methyl sites for hydroxylation is 1. The molecule has 1 aromatic heterocycles. The van der Waals surface area contributed by atoms with Gasteiger partial charge in [0.15, 0.2) is 0 Å². The summed E-state index contributed by atoms with van der Waals surface area (Å²) in [6.45, 7) is 6.49. The minimum Gasteiger partial charge on any atom is -0.379 e. The maximum atomic E-state index is 13.0. The Morgan fingerprint density at radius 3 is 2.68 bits per heavy atom. The van der Waals surface area contributed by atoms with Crippen LogP contribution in [-0.2, 0) is 24.8 Å². The number of nitrogens with one attached hydrogen (secondary N) is 1. The van der Waals surface area contributed by atoms with Crippen LogP contribution in [0.4, 0.5) is 5.69 Å². The molecule has 0 bridgehead atoms. The highest BCUT2D eigenvalue weighted by Gasteiger charge is 2.38. The predicted molar refractivity (Wildman–Crippen MR) is 111 cm³/mol. The van der Waals surface area contributed by atoms with Crippen LogP contribution in [0.15, 0.2) is 36.8 Å². The molecule has 0 aliphatic carbocycles. The summed E-state index contributed by atoms with van der Waals surface area (Å²) in [5.41, 5.74) is 3.46. The summed E-state index contributed by atoms with van der Waals surface area (Å²) in [7, 11) is 2.01. The fourth-order valence-corrected chi connectivity index (χ4v) is 4.52. The lowest BCUT2D eigenvalue weighted by molar-refractivity contribution is -0.132. The van der Waals surface area contributed by atoms with Crippen molar-refractivity contribution >= 4 is 11.6 Å². The van der Waals surface area contributed by atoms with E-state index in [2.05, 4.69) is 52.6 Å². The van der Waals surface area contributed by atoms with Crippen molar-refractivity contribution < 1.29 is 4.79 Å². The number of nitrogens with zero attached hydrogens (tertiary/aromatic N) is 4. The van der Waals surface area contributed by atoms with Crippen LogP contribution in [0.25, 0.3) is 0 Å². The van der Waals surface area contributed by atoms with E-state index in [1.165, 1.54) is 11.3 Å². The van der Waals surface area contributed by atoms with Crippen molar-refractivity contribution in [2.45, 2.75) is 44.7 Å². The number of fused-ring (bicyclic) bond motifs is 1. The van der Waals surface area contributed by atoms with Gasteiger partial charge < -0.3 is 14.8 Å². The van der Waals surface area contributed by atoms with Crippen molar-refractivity contribution in [3.63, 3.8) is 0 Å². The summed E-state index contributed by atoms with van der Waals surface area (Å²) in [5, 5.41) is 3.82. The molecule has 1 fully saturated rings. The second-order valence-corrected chi connectivity index (χ2v) is 8.27. The largest absolute Gasteiger partial charge is 0.379 e. The molecule has 28 heavy (non-hydrogen) atoms. The van der Waals surface area contributed by atoms with E-state index in [4.69, 9.17) is 0 Å². The molecule has 1 spiro atoms. The van der Waals surface area contributed by atoms with Gasteiger partial charge in [0, 0.05) is 63.6 Å². The number of carbonyl (C=O) groups excluding carboxylic acids is 1. The maximum Gasteiger partial charge on any atom is 0.224 e. The van der Waals surface area contributed by atoms with Gasteiger partial charge in [0.05, 0.1) is 12.0 Å². The van der Waals surface area contributed by atoms with Crippen LogP contribution in [0.1, 0.15) is 37.4 Å². The van der Waals surface area contributed by atoms with Gasteiger partial charge >= 0.3 is 0 Å². The number of hydrogen-bond acceptors (Lipinski definition) is 4. The van der Waals surface area contributed by atoms with E-state index in [-0.39, 0.29) is 11.4 Å². The second-order valence-electron chi connectivity index (χ2n) is 8.27. The van der Waals surface area contributed by atoms with Gasteiger partial charge in [-0.25, -0.2) is 4.98 Å². The van der Waals surface area contributed by atoms with Crippen molar-refractivity contribution in [2.75, 3.05) is 31.5 Å². The molecule has 0 atom stereocenters. The van der Waals surface area contributed by atoms with Gasteiger partial charge in [0.2, 0.25) is 5.91 Å². The normalized spacial score (nSPS) is 20.2. The zero-order chi connectivity index (χ0) is 19.6. The van der Waals surface area contributed by atoms with Gasteiger partial charge in [-0.1, -0.05) is 18.2 Å². The van der Waals surface area contributed by atoms with Crippen LogP contribution < -0.4 is 5.32 Å². The van der Waals surface area contributed by atoms with Crippen LogP contribution in [0, 0.1) is 0 Å². The molecule has 3 heterocycles. The van der Waals surface area contributed by atoms with E-state index in [0.29, 0.717) is 6.42 Å². The van der Waals surface area contributed by atoms with Crippen LogP contribution in [0.3, 0.4) is 0 Å². The molecule has 0 saturated carbocycles. The molecule has 2 aliphatic heterocycles. The lowest BCUT2D eigenvalue weighted by Gasteiger charge is -2.43. The molecule has 1 aromatic carbocycles. The smallest absolute Gasteiger partial charge is 0.224 e. The molecule has 2 aliphatic rings. The topological polar surface area (TPSA) is 53.4 Å². The molecule has 150 valence electrons. The van der Waals surface area contributed by atoms with E-state index in [1.54, 1.807) is 0 Å². The highest BCUT2D eigenvalue weighted by atomic mass is 16.2. The molecule has 1 N–H and O–H groups in total. The fraction of sp³-hybridized carbons (Fsp3) is 0.545. The molecule has 2 aromatic rings. The van der Waals surface area contributed by atoms with Gasteiger partial charge in [-0.15, -0.1) is 0 Å². The summed E-state index contributed by atoms with van der Waals surface area (Å²) in [6, 6.07) is 8.55. The first-order valence-corrected chi connectivity index (χ1v) is 10.4. The number of amides is 1. The van der Waals surface area contributed by atoms with Crippen LogP contribution >= 0.6 is 0 Å². The minimum atomic E-state index is -0.161. The quantitative estimate of drug-likeness (QED) is 0.888. The molecular formula is C22H31N5O. The third-order valence-corrected chi connectivity index (χ3v) is 6.25. The lowest BCUT2D eigenvalue weighted by atomic mass is 9.83. The highest BCUT2D eigenvalue weighted by molar-refractivity contribution is 5.78. The molecule has 0 radical (unpaired) electrons. The van der Waals surface area contributed by atoms with E-state index in [1.807, 2.05) is 22.8 Å². The number of piperidine rings is 1. The summed E-state index contributed by atoms with van der Waals surface area (Å²) < 4.78 is 2.00. The van der Waals surface area contributed by atoms with Crippen molar-refractivity contribution in [2.24, 2.45) is 7.05 Å². The first kappa shape index (κ1) is 19.0. The van der Waals surface area contributed by atoms with Gasteiger partial charge in [0.25, 0.3) is 0 Å². The van der Waals surface area contributed by atoms with E-state index >= 15 is 0 Å². The number of likely N-dealkylation sites (N-methyl/N-ethyl adjacent to an activating group) is 1. The van der Waals surface area contributed by atoms with Crippen molar-refractivity contribution in [3.8, 4) is 0 Å². The zero-order valence-electron chi connectivity index (χ0n) is 17.0. The third-order valence-electron chi connectivity index (χ3n) is 6.25. The van der Waals surface area contributed by atoms with Gasteiger partial charge in [-0.05, 0) is 37.8 Å². The lowest BCUT2D eigenvalue weighted by Crippen LogP contribution is -2.51. The van der Waals surface area contributed by atoms with Crippen molar-refractivity contribution in [1.29, 1.82) is 0 Å².